The van der Waals surface area contributed by atoms with Crippen LogP contribution in [0.5, 0.6) is 0 Å². The zero-order valence-electron chi connectivity index (χ0n) is 10.7. The number of amides is 1. The number of carbonyl (C=O) groups is 1. The molecule has 0 saturated carbocycles. The highest BCUT2D eigenvalue weighted by molar-refractivity contribution is 7.99. The SMILES string of the molecule is CSC(C)(C)CNC(=O)c1ccc(C(N)=S)cn1. The number of hydrogen-bond donors (Lipinski definition) is 2. The van der Waals surface area contributed by atoms with Crippen molar-refractivity contribution in [1.82, 2.24) is 10.3 Å². The van der Waals surface area contributed by atoms with E-state index in [9.17, 15) is 4.79 Å². The standard InChI is InChI=1S/C12H17N3OS2/c1-12(2,18-3)7-15-11(16)9-5-4-8(6-14-9)10(13)17/h4-6H,7H2,1-3H3,(H2,13,17)(H,15,16). The Morgan fingerprint density at radius 2 is 2.22 bits per heavy atom. The third-order valence-corrected chi connectivity index (χ3v) is 3.99. The van der Waals surface area contributed by atoms with Crippen LogP contribution in [0.4, 0.5) is 0 Å². The fourth-order valence-corrected chi connectivity index (χ4v) is 1.47. The monoisotopic (exact) mass is 283 g/mol. The van der Waals surface area contributed by atoms with Crippen molar-refractivity contribution >= 4 is 34.9 Å². The van der Waals surface area contributed by atoms with Crippen LogP contribution in [0.25, 0.3) is 0 Å². The van der Waals surface area contributed by atoms with Gasteiger partial charge in [0.2, 0.25) is 0 Å². The first kappa shape index (κ1) is 14.9. The first-order chi connectivity index (χ1) is 8.35. The van der Waals surface area contributed by atoms with Gasteiger partial charge in [0, 0.05) is 23.1 Å². The van der Waals surface area contributed by atoms with Gasteiger partial charge >= 0.3 is 0 Å². The summed E-state index contributed by atoms with van der Waals surface area (Å²) in [4.78, 5) is 16.2. The van der Waals surface area contributed by atoms with Gasteiger partial charge in [0.1, 0.15) is 10.7 Å². The number of aromatic nitrogens is 1. The molecule has 1 amide bonds. The van der Waals surface area contributed by atoms with Crippen molar-refractivity contribution in [1.29, 1.82) is 0 Å². The summed E-state index contributed by atoms with van der Waals surface area (Å²) in [6.45, 7) is 4.73. The lowest BCUT2D eigenvalue weighted by molar-refractivity contribution is 0.0946. The minimum Gasteiger partial charge on any atom is -0.389 e. The van der Waals surface area contributed by atoms with Gasteiger partial charge in [0.05, 0.1) is 0 Å². The summed E-state index contributed by atoms with van der Waals surface area (Å²) < 4.78 is 0.00836. The van der Waals surface area contributed by atoms with Crippen molar-refractivity contribution in [3.05, 3.63) is 29.6 Å². The molecule has 0 fully saturated rings. The third kappa shape index (κ3) is 4.27. The average Bonchev–Trinajstić information content (AvgIpc) is 2.36. The summed E-state index contributed by atoms with van der Waals surface area (Å²) in [7, 11) is 0. The molecule has 0 saturated heterocycles. The first-order valence-electron chi connectivity index (χ1n) is 5.45. The highest BCUT2D eigenvalue weighted by Crippen LogP contribution is 2.19. The van der Waals surface area contributed by atoms with Gasteiger partial charge in [-0.05, 0) is 32.2 Å². The smallest absolute Gasteiger partial charge is 0.269 e. The average molecular weight is 283 g/mol. The van der Waals surface area contributed by atoms with E-state index in [2.05, 4.69) is 24.1 Å². The predicted molar refractivity (Wildman–Crippen MR) is 80.1 cm³/mol. The van der Waals surface area contributed by atoms with E-state index in [-0.39, 0.29) is 15.6 Å². The molecule has 98 valence electrons. The molecule has 6 heteroatoms. The Labute approximate surface area is 117 Å². The van der Waals surface area contributed by atoms with Crippen molar-refractivity contribution < 1.29 is 4.79 Å². The maximum Gasteiger partial charge on any atom is 0.269 e. The second-order valence-electron chi connectivity index (χ2n) is 4.44. The molecule has 1 heterocycles. The van der Waals surface area contributed by atoms with Crippen molar-refractivity contribution in [3.63, 3.8) is 0 Å². The minimum atomic E-state index is -0.188. The Morgan fingerprint density at radius 3 is 2.67 bits per heavy atom. The van der Waals surface area contributed by atoms with E-state index in [0.717, 1.165) is 0 Å². The number of pyridine rings is 1. The maximum absolute atomic E-state index is 11.8. The Hall–Kier alpha value is -1.14. The van der Waals surface area contributed by atoms with Crippen LogP contribution in [0, 0.1) is 0 Å². The summed E-state index contributed by atoms with van der Waals surface area (Å²) in [5.41, 5.74) is 6.49. The van der Waals surface area contributed by atoms with E-state index in [0.29, 0.717) is 17.8 Å². The second-order valence-corrected chi connectivity index (χ2v) is 6.40. The number of thiocarbonyl (C=S) groups is 1. The molecule has 0 aliphatic carbocycles. The van der Waals surface area contributed by atoms with Crippen LogP contribution in [0.15, 0.2) is 18.3 Å². The van der Waals surface area contributed by atoms with E-state index in [1.165, 1.54) is 6.20 Å². The predicted octanol–water partition coefficient (Wildman–Crippen LogP) is 1.59. The number of nitrogens with one attached hydrogen (secondary N) is 1. The largest absolute Gasteiger partial charge is 0.389 e. The molecule has 0 bridgehead atoms. The molecule has 0 spiro atoms. The summed E-state index contributed by atoms with van der Waals surface area (Å²) in [6, 6.07) is 3.32. The van der Waals surface area contributed by atoms with E-state index in [4.69, 9.17) is 18.0 Å². The molecule has 1 rings (SSSR count). The van der Waals surface area contributed by atoms with Gasteiger partial charge in [-0.25, -0.2) is 0 Å². The molecule has 18 heavy (non-hydrogen) atoms. The topological polar surface area (TPSA) is 68.0 Å². The lowest BCUT2D eigenvalue weighted by atomic mass is 10.2. The Bertz CT molecular complexity index is 443. The molecule has 3 N–H and O–H groups in total. The lowest BCUT2D eigenvalue weighted by Gasteiger charge is -2.22. The number of hydrogen-bond acceptors (Lipinski definition) is 4. The minimum absolute atomic E-state index is 0.00836. The van der Waals surface area contributed by atoms with Crippen LogP contribution < -0.4 is 11.1 Å². The van der Waals surface area contributed by atoms with Gasteiger partial charge in [-0.1, -0.05) is 12.2 Å². The molecule has 0 aromatic carbocycles. The fraction of sp³-hybridized carbons (Fsp3) is 0.417. The van der Waals surface area contributed by atoms with E-state index >= 15 is 0 Å². The summed E-state index contributed by atoms with van der Waals surface area (Å²) >= 11 is 6.52. The Morgan fingerprint density at radius 1 is 1.56 bits per heavy atom. The van der Waals surface area contributed by atoms with Gasteiger partial charge in [0.15, 0.2) is 0 Å². The normalized spacial score (nSPS) is 11.1. The summed E-state index contributed by atoms with van der Waals surface area (Å²) in [6.07, 6.45) is 3.53. The van der Waals surface area contributed by atoms with Gasteiger partial charge in [-0.15, -0.1) is 0 Å². The van der Waals surface area contributed by atoms with Crippen LogP contribution >= 0.6 is 24.0 Å². The Balaban J connectivity index is 2.65. The molecule has 1 aromatic heterocycles. The third-order valence-electron chi connectivity index (χ3n) is 2.51. The van der Waals surface area contributed by atoms with E-state index in [1.54, 1.807) is 23.9 Å². The zero-order chi connectivity index (χ0) is 13.8. The van der Waals surface area contributed by atoms with E-state index < -0.39 is 0 Å². The maximum atomic E-state index is 11.8. The summed E-state index contributed by atoms with van der Waals surface area (Å²) in [5, 5.41) is 2.85. The lowest BCUT2D eigenvalue weighted by Crippen LogP contribution is -2.36. The second kappa shape index (κ2) is 6.15. The molecular weight excluding hydrogens is 266 g/mol. The van der Waals surface area contributed by atoms with Gasteiger partial charge in [-0.2, -0.15) is 11.8 Å². The first-order valence-corrected chi connectivity index (χ1v) is 7.08. The molecule has 0 aliphatic heterocycles. The fourth-order valence-electron chi connectivity index (χ4n) is 1.13. The molecule has 0 aliphatic rings. The molecule has 0 unspecified atom stereocenters. The van der Waals surface area contributed by atoms with Crippen LogP contribution in [0.2, 0.25) is 0 Å². The quantitative estimate of drug-likeness (QED) is 0.803. The van der Waals surface area contributed by atoms with Crippen LogP contribution in [-0.4, -0.2) is 33.4 Å². The number of nitrogens with two attached hydrogens (primary N) is 1. The summed E-state index contributed by atoms with van der Waals surface area (Å²) in [5.74, 6) is -0.188. The number of nitrogens with zero attached hydrogens (tertiary/aromatic N) is 1. The van der Waals surface area contributed by atoms with Crippen molar-refractivity contribution in [3.8, 4) is 0 Å². The van der Waals surface area contributed by atoms with Crippen LogP contribution in [-0.2, 0) is 0 Å². The molecule has 0 radical (unpaired) electrons. The number of thioether (sulfide) groups is 1. The number of carbonyl (C=O) groups excluding carboxylic acids is 1. The van der Waals surface area contributed by atoms with Crippen molar-refractivity contribution in [2.24, 2.45) is 5.73 Å². The highest BCUT2D eigenvalue weighted by Gasteiger charge is 2.17. The Kier molecular flexibility index (Phi) is 5.10. The highest BCUT2D eigenvalue weighted by atomic mass is 32.2. The van der Waals surface area contributed by atoms with Crippen LogP contribution in [0.3, 0.4) is 0 Å². The van der Waals surface area contributed by atoms with Crippen molar-refractivity contribution in [2.75, 3.05) is 12.8 Å². The van der Waals surface area contributed by atoms with Gasteiger partial charge < -0.3 is 11.1 Å². The zero-order valence-corrected chi connectivity index (χ0v) is 12.3. The van der Waals surface area contributed by atoms with Crippen molar-refractivity contribution in [2.45, 2.75) is 18.6 Å². The molecule has 4 nitrogen and oxygen atoms in total. The van der Waals surface area contributed by atoms with Gasteiger partial charge in [-0.3, -0.25) is 9.78 Å². The van der Waals surface area contributed by atoms with Gasteiger partial charge in [0.25, 0.3) is 5.91 Å². The van der Waals surface area contributed by atoms with E-state index in [1.807, 2.05) is 6.26 Å². The molecule has 1 aromatic rings. The van der Waals surface area contributed by atoms with Crippen LogP contribution in [0.1, 0.15) is 29.9 Å². The number of rotatable bonds is 5. The molecule has 0 atom stereocenters. The molecular formula is C12H17N3OS2.